The summed E-state index contributed by atoms with van der Waals surface area (Å²) in [7, 11) is 3.44. The molecule has 0 saturated heterocycles. The van der Waals surface area contributed by atoms with E-state index in [4.69, 9.17) is 11.6 Å². The van der Waals surface area contributed by atoms with Crippen LogP contribution in [0.1, 0.15) is 0 Å². The van der Waals surface area contributed by atoms with Crippen LogP contribution in [0.25, 0.3) is 11.0 Å². The van der Waals surface area contributed by atoms with Crippen molar-refractivity contribution in [3.63, 3.8) is 0 Å². The highest BCUT2D eigenvalue weighted by molar-refractivity contribution is 6.29. The largest absolute Gasteiger partial charge is 0.347 e. The molecule has 5 nitrogen and oxygen atoms in total. The number of halogens is 1. The van der Waals surface area contributed by atoms with Gasteiger partial charge in [-0.3, -0.25) is 4.79 Å². The molecule has 0 unspecified atom stereocenters. The molecule has 2 aromatic heterocycles. The van der Waals surface area contributed by atoms with Gasteiger partial charge in [0, 0.05) is 25.7 Å². The van der Waals surface area contributed by atoms with Crippen LogP contribution >= 0.6 is 11.6 Å². The molecule has 6 heteroatoms. The van der Waals surface area contributed by atoms with E-state index < -0.39 is 0 Å². The maximum atomic E-state index is 11.6. The van der Waals surface area contributed by atoms with Gasteiger partial charge in [-0.2, -0.15) is 0 Å². The first kappa shape index (κ1) is 10.9. The van der Waals surface area contributed by atoms with Crippen LogP contribution in [-0.2, 0) is 11.3 Å². The zero-order valence-corrected chi connectivity index (χ0v) is 9.77. The molecule has 0 spiro atoms. The van der Waals surface area contributed by atoms with Crippen molar-refractivity contribution in [2.75, 3.05) is 14.1 Å². The molecule has 0 radical (unpaired) electrons. The fraction of sp³-hybridized carbons (Fsp3) is 0.300. The van der Waals surface area contributed by atoms with Crippen LogP contribution in [0.3, 0.4) is 0 Å². The Morgan fingerprint density at radius 3 is 2.94 bits per heavy atom. The first-order chi connectivity index (χ1) is 7.58. The lowest BCUT2D eigenvalue weighted by Gasteiger charge is -2.10. The van der Waals surface area contributed by atoms with E-state index in [2.05, 4.69) is 10.2 Å². The van der Waals surface area contributed by atoms with Crippen LogP contribution in [0.4, 0.5) is 0 Å². The lowest BCUT2D eigenvalue weighted by Crippen LogP contribution is -2.26. The summed E-state index contributed by atoms with van der Waals surface area (Å²) in [4.78, 5) is 13.1. The summed E-state index contributed by atoms with van der Waals surface area (Å²) in [5, 5.41) is 8.96. The van der Waals surface area contributed by atoms with Gasteiger partial charge in [-0.1, -0.05) is 11.6 Å². The quantitative estimate of drug-likeness (QED) is 0.789. The molecule has 84 valence electrons. The topological polar surface area (TPSA) is 51.0 Å². The average molecular weight is 239 g/mol. The summed E-state index contributed by atoms with van der Waals surface area (Å²) in [5.41, 5.74) is 0.666. The second kappa shape index (κ2) is 4.09. The van der Waals surface area contributed by atoms with E-state index in [1.54, 1.807) is 30.9 Å². The summed E-state index contributed by atoms with van der Waals surface area (Å²) in [6.45, 7) is 0.257. The van der Waals surface area contributed by atoms with E-state index in [-0.39, 0.29) is 12.5 Å². The number of fused-ring (bicyclic) bond motifs is 1. The minimum Gasteiger partial charge on any atom is -0.347 e. The van der Waals surface area contributed by atoms with Gasteiger partial charge >= 0.3 is 0 Å². The van der Waals surface area contributed by atoms with Gasteiger partial charge in [-0.05, 0) is 12.1 Å². The Balaban J connectivity index is 2.35. The second-order valence-electron chi connectivity index (χ2n) is 3.68. The van der Waals surface area contributed by atoms with E-state index in [9.17, 15) is 4.79 Å². The highest BCUT2D eigenvalue weighted by Gasteiger charge is 2.09. The molecule has 2 aromatic rings. The van der Waals surface area contributed by atoms with Gasteiger partial charge in [-0.25, -0.2) is 0 Å². The summed E-state index contributed by atoms with van der Waals surface area (Å²) >= 11 is 5.73. The molecule has 16 heavy (non-hydrogen) atoms. The van der Waals surface area contributed by atoms with Gasteiger partial charge in [0.05, 0.1) is 0 Å². The van der Waals surface area contributed by atoms with Gasteiger partial charge in [-0.15, -0.1) is 10.2 Å². The minimum absolute atomic E-state index is 0.00856. The maximum absolute atomic E-state index is 11.6. The third-order valence-electron chi connectivity index (χ3n) is 2.28. The molecule has 0 saturated carbocycles. The first-order valence-corrected chi connectivity index (χ1v) is 5.14. The maximum Gasteiger partial charge on any atom is 0.242 e. The van der Waals surface area contributed by atoms with Gasteiger partial charge in [0.25, 0.3) is 0 Å². The van der Waals surface area contributed by atoms with Crippen molar-refractivity contribution in [1.29, 1.82) is 0 Å². The number of rotatable bonds is 2. The molecule has 0 aromatic carbocycles. The van der Waals surface area contributed by atoms with Crippen molar-refractivity contribution in [2.45, 2.75) is 6.54 Å². The number of carbonyl (C=O) groups is 1. The molecule has 1 amide bonds. The number of likely N-dealkylation sites (N-methyl/N-ethyl adjacent to an activating group) is 1. The third kappa shape index (κ3) is 1.99. The van der Waals surface area contributed by atoms with Crippen molar-refractivity contribution in [2.24, 2.45) is 0 Å². The zero-order chi connectivity index (χ0) is 11.7. The molecule has 0 fully saturated rings. The summed E-state index contributed by atoms with van der Waals surface area (Å²) < 4.78 is 1.75. The van der Waals surface area contributed by atoms with Crippen molar-refractivity contribution in [1.82, 2.24) is 19.7 Å². The molecule has 2 heterocycles. The number of carbonyl (C=O) groups excluding carboxylic acids is 1. The lowest BCUT2D eigenvalue weighted by molar-refractivity contribution is -0.129. The summed E-state index contributed by atoms with van der Waals surface area (Å²) in [6, 6.07) is 3.58. The first-order valence-electron chi connectivity index (χ1n) is 4.76. The average Bonchev–Trinajstić information content (AvgIpc) is 2.60. The molecule has 0 aliphatic heterocycles. The van der Waals surface area contributed by atoms with E-state index >= 15 is 0 Å². The van der Waals surface area contributed by atoms with Gasteiger partial charge in [0.15, 0.2) is 10.8 Å². The van der Waals surface area contributed by atoms with Crippen LogP contribution in [0.2, 0.25) is 5.15 Å². The Morgan fingerprint density at radius 2 is 2.25 bits per heavy atom. The van der Waals surface area contributed by atoms with Crippen LogP contribution in [-0.4, -0.2) is 39.7 Å². The van der Waals surface area contributed by atoms with E-state index in [1.807, 2.05) is 6.07 Å². The molecule has 0 atom stereocenters. The Kier molecular flexibility index (Phi) is 2.78. The second-order valence-corrected chi connectivity index (χ2v) is 4.07. The van der Waals surface area contributed by atoms with Crippen LogP contribution < -0.4 is 0 Å². The SMILES string of the molecule is CN(C)C(=O)Cn1ccc2cc(Cl)nnc21. The number of hydrogen-bond donors (Lipinski definition) is 0. The summed E-state index contributed by atoms with van der Waals surface area (Å²) in [5.74, 6) is 0.00856. The van der Waals surface area contributed by atoms with Crippen LogP contribution in [0, 0.1) is 0 Å². The standard InChI is InChI=1S/C10H11ClN4O/c1-14(2)9(16)6-15-4-3-7-5-8(11)12-13-10(7)15/h3-5H,6H2,1-2H3. The molecule has 0 aliphatic carbocycles. The molecular formula is C10H11ClN4O. The van der Waals surface area contributed by atoms with Crippen LogP contribution in [0.5, 0.6) is 0 Å². The van der Waals surface area contributed by atoms with Crippen molar-refractivity contribution < 1.29 is 4.79 Å². The number of amides is 1. The highest BCUT2D eigenvalue weighted by Crippen LogP contribution is 2.15. The highest BCUT2D eigenvalue weighted by atomic mass is 35.5. The molecule has 0 aliphatic rings. The smallest absolute Gasteiger partial charge is 0.242 e. The molecule has 0 N–H and O–H groups in total. The normalized spacial score (nSPS) is 10.7. The summed E-state index contributed by atoms with van der Waals surface area (Å²) in [6.07, 6.45) is 1.80. The van der Waals surface area contributed by atoms with Crippen molar-refractivity contribution in [3.8, 4) is 0 Å². The minimum atomic E-state index is 0.00856. The number of hydrogen-bond acceptors (Lipinski definition) is 3. The van der Waals surface area contributed by atoms with Crippen LogP contribution in [0.15, 0.2) is 18.3 Å². The molecule has 2 rings (SSSR count). The predicted molar refractivity (Wildman–Crippen MR) is 61.2 cm³/mol. The zero-order valence-electron chi connectivity index (χ0n) is 9.01. The van der Waals surface area contributed by atoms with E-state index in [0.29, 0.717) is 10.8 Å². The van der Waals surface area contributed by atoms with Gasteiger partial charge < -0.3 is 9.47 Å². The Labute approximate surface area is 97.6 Å². The monoisotopic (exact) mass is 238 g/mol. The molecule has 0 bridgehead atoms. The third-order valence-corrected chi connectivity index (χ3v) is 2.47. The van der Waals surface area contributed by atoms with Gasteiger partial charge in [0.1, 0.15) is 6.54 Å². The lowest BCUT2D eigenvalue weighted by atomic mass is 10.4. The Hall–Kier alpha value is -1.62. The fourth-order valence-corrected chi connectivity index (χ4v) is 1.53. The number of aromatic nitrogens is 3. The predicted octanol–water partition coefficient (Wildman–Crippen LogP) is 1.17. The Bertz CT molecular complexity index is 535. The van der Waals surface area contributed by atoms with E-state index in [1.165, 1.54) is 4.90 Å². The van der Waals surface area contributed by atoms with Gasteiger partial charge in [0.2, 0.25) is 5.91 Å². The van der Waals surface area contributed by atoms with Crippen molar-refractivity contribution >= 4 is 28.5 Å². The fourth-order valence-electron chi connectivity index (χ4n) is 1.38. The molecular weight excluding hydrogens is 228 g/mol. The number of nitrogens with zero attached hydrogens (tertiary/aromatic N) is 4. The Morgan fingerprint density at radius 1 is 1.50 bits per heavy atom. The van der Waals surface area contributed by atoms with Crippen molar-refractivity contribution in [3.05, 3.63) is 23.5 Å². The van der Waals surface area contributed by atoms with E-state index in [0.717, 1.165) is 5.39 Å².